The molecule has 2 N–H and O–H groups in total. The van der Waals surface area contributed by atoms with Crippen LogP contribution in [0.1, 0.15) is 35.9 Å². The van der Waals surface area contributed by atoms with Gasteiger partial charge in [-0.05, 0) is 37.3 Å². The average Bonchev–Trinajstić information content (AvgIpc) is 2.79. The van der Waals surface area contributed by atoms with Gasteiger partial charge in [0.1, 0.15) is 0 Å². The topological polar surface area (TPSA) is 42.2 Å². The third kappa shape index (κ3) is 2.45. The van der Waals surface area contributed by atoms with E-state index in [2.05, 4.69) is 36.1 Å². The summed E-state index contributed by atoms with van der Waals surface area (Å²) in [5.74, 6) is 0. The molecule has 1 aromatic carbocycles. The van der Waals surface area contributed by atoms with Crippen molar-refractivity contribution in [1.82, 2.24) is 4.98 Å². The summed E-state index contributed by atoms with van der Waals surface area (Å²) in [6.07, 6.45) is 4.60. The number of fused-ring (bicyclic) bond motifs is 1. The zero-order valence-electron chi connectivity index (χ0n) is 11.9. The van der Waals surface area contributed by atoms with Crippen molar-refractivity contribution in [2.75, 3.05) is 11.4 Å². The van der Waals surface area contributed by atoms with E-state index >= 15 is 0 Å². The molecule has 0 fully saturated rings. The van der Waals surface area contributed by atoms with Crippen molar-refractivity contribution in [2.45, 2.75) is 39.2 Å². The van der Waals surface area contributed by atoms with Crippen molar-refractivity contribution >= 4 is 22.2 Å². The summed E-state index contributed by atoms with van der Waals surface area (Å²) in [5, 5.41) is 1.11. The summed E-state index contributed by atoms with van der Waals surface area (Å²) < 4.78 is 0. The van der Waals surface area contributed by atoms with E-state index in [1.807, 2.05) is 0 Å². The van der Waals surface area contributed by atoms with Crippen LogP contribution in [0, 0.1) is 0 Å². The maximum atomic E-state index is 5.85. The minimum Gasteiger partial charge on any atom is -0.326 e. The summed E-state index contributed by atoms with van der Waals surface area (Å²) in [6, 6.07) is 8.71. The van der Waals surface area contributed by atoms with E-state index in [0.717, 1.165) is 23.8 Å². The number of rotatable bonds is 3. The molecular weight excluding hydrogens is 266 g/mol. The molecule has 1 aromatic heterocycles. The average molecular weight is 287 g/mol. The zero-order chi connectivity index (χ0) is 13.9. The Kier molecular flexibility index (Phi) is 4.03. The molecular formula is C16H21N3S. The molecule has 0 unspecified atom stereocenters. The van der Waals surface area contributed by atoms with Gasteiger partial charge in [-0.15, -0.1) is 0 Å². The Morgan fingerprint density at radius 2 is 2.15 bits per heavy atom. The van der Waals surface area contributed by atoms with Crippen LogP contribution in [0.15, 0.2) is 24.3 Å². The monoisotopic (exact) mass is 287 g/mol. The maximum absolute atomic E-state index is 5.85. The summed E-state index contributed by atoms with van der Waals surface area (Å²) >= 11 is 1.75. The molecule has 3 nitrogen and oxygen atoms in total. The first-order valence-corrected chi connectivity index (χ1v) is 8.19. The number of hydrogen-bond donors (Lipinski definition) is 1. The fourth-order valence-electron chi connectivity index (χ4n) is 2.81. The van der Waals surface area contributed by atoms with Crippen molar-refractivity contribution in [3.63, 3.8) is 0 Å². The van der Waals surface area contributed by atoms with E-state index in [9.17, 15) is 0 Å². The highest BCUT2D eigenvalue weighted by Crippen LogP contribution is 2.36. The second-order valence-electron chi connectivity index (χ2n) is 5.16. The van der Waals surface area contributed by atoms with Gasteiger partial charge in [-0.3, -0.25) is 0 Å². The van der Waals surface area contributed by atoms with Crippen molar-refractivity contribution in [1.29, 1.82) is 0 Å². The smallest absolute Gasteiger partial charge is 0.190 e. The van der Waals surface area contributed by atoms with Crippen LogP contribution in [-0.2, 0) is 19.4 Å². The lowest BCUT2D eigenvalue weighted by atomic mass is 10.1. The summed E-state index contributed by atoms with van der Waals surface area (Å²) in [7, 11) is 0. The Bertz CT molecular complexity index is 570. The van der Waals surface area contributed by atoms with Gasteiger partial charge in [0.15, 0.2) is 5.13 Å². The number of aryl methyl sites for hydroxylation is 2. The van der Waals surface area contributed by atoms with E-state index in [-0.39, 0.29) is 0 Å². The van der Waals surface area contributed by atoms with E-state index in [1.54, 1.807) is 11.3 Å². The van der Waals surface area contributed by atoms with Gasteiger partial charge in [0.2, 0.25) is 0 Å². The van der Waals surface area contributed by atoms with E-state index in [4.69, 9.17) is 10.7 Å². The van der Waals surface area contributed by atoms with Gasteiger partial charge in [-0.1, -0.05) is 36.5 Å². The summed E-state index contributed by atoms with van der Waals surface area (Å²) in [4.78, 5) is 8.43. The number of thiazole rings is 1. The van der Waals surface area contributed by atoms with Crippen molar-refractivity contribution < 1.29 is 0 Å². The highest BCUT2D eigenvalue weighted by atomic mass is 32.1. The van der Waals surface area contributed by atoms with Gasteiger partial charge >= 0.3 is 0 Å². The summed E-state index contributed by atoms with van der Waals surface area (Å²) in [6.45, 7) is 3.79. The highest BCUT2D eigenvalue weighted by Gasteiger charge is 2.20. The molecule has 0 atom stereocenters. The van der Waals surface area contributed by atoms with E-state index in [1.165, 1.54) is 35.4 Å². The molecule has 0 saturated carbocycles. The molecule has 0 aliphatic carbocycles. The lowest BCUT2D eigenvalue weighted by Crippen LogP contribution is -2.17. The predicted molar refractivity (Wildman–Crippen MR) is 85.8 cm³/mol. The molecule has 3 rings (SSSR count). The fourth-order valence-corrected chi connectivity index (χ4v) is 3.88. The van der Waals surface area contributed by atoms with E-state index < -0.39 is 0 Å². The Morgan fingerprint density at radius 1 is 1.30 bits per heavy atom. The number of benzene rings is 1. The fraction of sp³-hybridized carbons (Fsp3) is 0.438. The second-order valence-corrected chi connectivity index (χ2v) is 6.22. The number of nitrogens with two attached hydrogens (primary N) is 1. The van der Waals surface area contributed by atoms with Gasteiger partial charge in [0, 0.05) is 23.7 Å². The molecule has 0 spiro atoms. The molecule has 2 heterocycles. The van der Waals surface area contributed by atoms with Gasteiger partial charge in [-0.2, -0.15) is 0 Å². The molecule has 4 heteroatoms. The first kappa shape index (κ1) is 13.6. The number of anilines is 2. The lowest BCUT2D eigenvalue weighted by molar-refractivity contribution is 0.759. The van der Waals surface area contributed by atoms with Crippen LogP contribution in [0.5, 0.6) is 0 Å². The Labute approximate surface area is 124 Å². The third-order valence-corrected chi connectivity index (χ3v) is 5.02. The van der Waals surface area contributed by atoms with Crippen LogP contribution in [-0.4, -0.2) is 11.5 Å². The van der Waals surface area contributed by atoms with Crippen LogP contribution in [0.4, 0.5) is 10.8 Å². The summed E-state index contributed by atoms with van der Waals surface area (Å²) in [5.41, 5.74) is 9.77. The van der Waals surface area contributed by atoms with Crippen LogP contribution in [0.2, 0.25) is 0 Å². The number of aromatic nitrogens is 1. The van der Waals surface area contributed by atoms with Gasteiger partial charge < -0.3 is 10.6 Å². The lowest BCUT2D eigenvalue weighted by Gasteiger charge is -2.21. The Balaban J connectivity index is 2.03. The van der Waals surface area contributed by atoms with Crippen LogP contribution >= 0.6 is 11.3 Å². The van der Waals surface area contributed by atoms with Crippen LogP contribution in [0.25, 0.3) is 0 Å². The first-order valence-electron chi connectivity index (χ1n) is 7.37. The predicted octanol–water partition coefficient (Wildman–Crippen LogP) is 3.64. The van der Waals surface area contributed by atoms with Gasteiger partial charge in [0.05, 0.1) is 5.69 Å². The van der Waals surface area contributed by atoms with Crippen molar-refractivity contribution in [3.05, 3.63) is 40.4 Å². The van der Waals surface area contributed by atoms with Gasteiger partial charge in [-0.25, -0.2) is 4.98 Å². The first-order chi connectivity index (χ1) is 9.83. The molecule has 0 saturated heterocycles. The third-order valence-electron chi connectivity index (χ3n) is 3.88. The highest BCUT2D eigenvalue weighted by molar-refractivity contribution is 7.15. The molecule has 20 heavy (non-hydrogen) atoms. The Morgan fingerprint density at radius 3 is 2.90 bits per heavy atom. The van der Waals surface area contributed by atoms with E-state index in [0.29, 0.717) is 6.54 Å². The molecule has 1 aliphatic heterocycles. The molecule has 1 aliphatic rings. The van der Waals surface area contributed by atoms with Crippen LogP contribution < -0.4 is 10.6 Å². The number of para-hydroxylation sites is 1. The second kappa shape index (κ2) is 5.94. The maximum Gasteiger partial charge on any atom is 0.190 e. The molecule has 0 bridgehead atoms. The van der Waals surface area contributed by atoms with Gasteiger partial charge in [0.25, 0.3) is 0 Å². The normalized spacial score (nSPS) is 15.0. The molecule has 106 valence electrons. The minimum atomic E-state index is 0.594. The SMILES string of the molecule is CCc1nc(N2CCCCc3ccccc32)sc1CN. The van der Waals surface area contributed by atoms with Crippen molar-refractivity contribution in [2.24, 2.45) is 5.73 Å². The molecule has 2 aromatic rings. The number of nitrogens with zero attached hydrogens (tertiary/aromatic N) is 2. The quantitative estimate of drug-likeness (QED) is 0.937. The molecule has 0 amide bonds. The Hall–Kier alpha value is -1.39. The minimum absolute atomic E-state index is 0.594. The standard InChI is InChI=1S/C16H21N3S/c1-2-13-15(11-17)20-16(18-13)19-10-6-5-8-12-7-3-4-9-14(12)19/h3-4,7,9H,2,5-6,8,10-11,17H2,1H3. The molecule has 0 radical (unpaired) electrons. The van der Waals surface area contributed by atoms with Crippen LogP contribution in [0.3, 0.4) is 0 Å². The van der Waals surface area contributed by atoms with Crippen molar-refractivity contribution in [3.8, 4) is 0 Å². The largest absolute Gasteiger partial charge is 0.326 e. The number of hydrogen-bond acceptors (Lipinski definition) is 4. The zero-order valence-corrected chi connectivity index (χ0v) is 12.7.